The van der Waals surface area contributed by atoms with Crippen molar-refractivity contribution >= 4 is 5.95 Å². The molecular formula is C10H20N6. The van der Waals surface area contributed by atoms with E-state index in [1.165, 1.54) is 25.9 Å². The second kappa shape index (κ2) is 4.37. The fraction of sp³-hybridized carbons (Fsp3) is 0.900. The molecule has 0 bridgehead atoms. The monoisotopic (exact) mass is 224 g/mol. The second-order valence-electron chi connectivity index (χ2n) is 5.09. The molecule has 0 aliphatic carbocycles. The van der Waals surface area contributed by atoms with E-state index >= 15 is 0 Å². The quantitative estimate of drug-likeness (QED) is 0.803. The van der Waals surface area contributed by atoms with Crippen LogP contribution in [0.25, 0.3) is 0 Å². The molecule has 2 heterocycles. The van der Waals surface area contributed by atoms with Crippen LogP contribution < -0.4 is 5.32 Å². The average Bonchev–Trinajstić information content (AvgIpc) is 2.67. The van der Waals surface area contributed by atoms with Gasteiger partial charge in [0.1, 0.15) is 0 Å². The lowest BCUT2D eigenvalue weighted by Crippen LogP contribution is -2.40. The molecule has 1 N–H and O–H groups in total. The molecule has 1 aliphatic heterocycles. The number of hydrogen-bond acceptors (Lipinski definition) is 5. The van der Waals surface area contributed by atoms with Gasteiger partial charge in [-0.15, -0.1) is 0 Å². The van der Waals surface area contributed by atoms with Crippen LogP contribution in [0.1, 0.15) is 19.8 Å². The molecule has 2 rings (SSSR count). The molecule has 0 amide bonds. The van der Waals surface area contributed by atoms with Crippen LogP contribution >= 0.6 is 0 Å². The van der Waals surface area contributed by atoms with Crippen molar-refractivity contribution in [3.05, 3.63) is 0 Å². The Morgan fingerprint density at radius 2 is 2.00 bits per heavy atom. The summed E-state index contributed by atoms with van der Waals surface area (Å²) in [4.78, 5) is 2.38. The molecule has 0 radical (unpaired) electrons. The number of aryl methyl sites for hydroxylation is 1. The summed E-state index contributed by atoms with van der Waals surface area (Å²) in [5, 5.41) is 14.7. The molecular weight excluding hydrogens is 204 g/mol. The van der Waals surface area contributed by atoms with Gasteiger partial charge >= 0.3 is 0 Å². The second-order valence-corrected chi connectivity index (χ2v) is 5.09. The van der Waals surface area contributed by atoms with Crippen molar-refractivity contribution in [2.45, 2.75) is 19.8 Å². The molecule has 1 saturated heterocycles. The number of likely N-dealkylation sites (tertiary alicyclic amines) is 1. The van der Waals surface area contributed by atoms with E-state index in [0.29, 0.717) is 5.41 Å². The van der Waals surface area contributed by atoms with Gasteiger partial charge in [0.25, 0.3) is 0 Å². The van der Waals surface area contributed by atoms with E-state index in [-0.39, 0.29) is 0 Å². The summed E-state index contributed by atoms with van der Waals surface area (Å²) in [6.45, 7) is 5.62. The molecule has 90 valence electrons. The molecule has 1 aliphatic rings. The lowest BCUT2D eigenvalue weighted by molar-refractivity contribution is 0.150. The molecule has 0 unspecified atom stereocenters. The van der Waals surface area contributed by atoms with Crippen molar-refractivity contribution in [2.24, 2.45) is 12.5 Å². The van der Waals surface area contributed by atoms with Crippen molar-refractivity contribution in [1.82, 2.24) is 25.1 Å². The fourth-order valence-electron chi connectivity index (χ4n) is 2.01. The maximum atomic E-state index is 3.93. The SMILES string of the molecule is CN1CCC(C)(CNc2nnnn2C)CC1. The normalized spacial score (nSPS) is 20.9. The highest BCUT2D eigenvalue weighted by Crippen LogP contribution is 2.30. The maximum absolute atomic E-state index is 3.93. The predicted octanol–water partition coefficient (Wildman–Crippen LogP) is 0.354. The van der Waals surface area contributed by atoms with Gasteiger partial charge < -0.3 is 10.2 Å². The summed E-state index contributed by atoms with van der Waals surface area (Å²) in [7, 11) is 4.03. The third-order valence-electron chi connectivity index (χ3n) is 3.49. The lowest BCUT2D eigenvalue weighted by Gasteiger charge is -2.37. The van der Waals surface area contributed by atoms with Gasteiger partial charge in [0.2, 0.25) is 5.95 Å². The van der Waals surface area contributed by atoms with Gasteiger partial charge in [-0.2, -0.15) is 0 Å². The molecule has 1 aromatic heterocycles. The summed E-state index contributed by atoms with van der Waals surface area (Å²) in [5.74, 6) is 0.750. The summed E-state index contributed by atoms with van der Waals surface area (Å²) in [5.41, 5.74) is 0.360. The highest BCUT2D eigenvalue weighted by molar-refractivity contribution is 5.21. The van der Waals surface area contributed by atoms with E-state index in [1.807, 2.05) is 7.05 Å². The summed E-state index contributed by atoms with van der Waals surface area (Å²) in [6, 6.07) is 0. The Bertz CT molecular complexity index is 339. The first-order chi connectivity index (χ1) is 7.59. The zero-order chi connectivity index (χ0) is 11.6. The molecule has 6 heteroatoms. The number of hydrogen-bond donors (Lipinski definition) is 1. The topological polar surface area (TPSA) is 58.9 Å². The van der Waals surface area contributed by atoms with Gasteiger partial charge in [-0.1, -0.05) is 12.0 Å². The Balaban J connectivity index is 1.88. The zero-order valence-corrected chi connectivity index (χ0v) is 10.3. The maximum Gasteiger partial charge on any atom is 0.242 e. The van der Waals surface area contributed by atoms with Crippen molar-refractivity contribution in [2.75, 3.05) is 32.0 Å². The summed E-state index contributed by atoms with van der Waals surface area (Å²) in [6.07, 6.45) is 2.45. The predicted molar refractivity (Wildman–Crippen MR) is 62.1 cm³/mol. The van der Waals surface area contributed by atoms with Gasteiger partial charge in [-0.05, 0) is 48.8 Å². The molecule has 0 atom stereocenters. The Hall–Kier alpha value is -1.17. The number of rotatable bonds is 3. The van der Waals surface area contributed by atoms with Crippen LogP contribution in [-0.4, -0.2) is 51.8 Å². The molecule has 6 nitrogen and oxygen atoms in total. The van der Waals surface area contributed by atoms with E-state index in [4.69, 9.17) is 0 Å². The number of aromatic nitrogens is 4. The Kier molecular flexibility index (Phi) is 3.09. The Labute approximate surface area is 96.0 Å². The van der Waals surface area contributed by atoms with Crippen LogP contribution in [0.2, 0.25) is 0 Å². The van der Waals surface area contributed by atoms with Crippen LogP contribution in [0, 0.1) is 5.41 Å². The Morgan fingerprint density at radius 1 is 1.31 bits per heavy atom. The van der Waals surface area contributed by atoms with Crippen LogP contribution in [-0.2, 0) is 7.05 Å². The van der Waals surface area contributed by atoms with E-state index in [0.717, 1.165) is 12.5 Å². The van der Waals surface area contributed by atoms with Gasteiger partial charge in [0.05, 0.1) is 0 Å². The lowest BCUT2D eigenvalue weighted by atomic mass is 9.80. The van der Waals surface area contributed by atoms with E-state index in [2.05, 4.69) is 39.7 Å². The smallest absolute Gasteiger partial charge is 0.242 e. The molecule has 0 saturated carbocycles. The number of nitrogens with one attached hydrogen (secondary N) is 1. The van der Waals surface area contributed by atoms with Crippen molar-refractivity contribution < 1.29 is 0 Å². The molecule has 0 spiro atoms. The van der Waals surface area contributed by atoms with Crippen LogP contribution in [0.3, 0.4) is 0 Å². The Morgan fingerprint density at radius 3 is 2.56 bits per heavy atom. The fourth-order valence-corrected chi connectivity index (χ4v) is 2.01. The van der Waals surface area contributed by atoms with E-state index in [9.17, 15) is 0 Å². The standard InChI is InChI=1S/C10H20N6/c1-10(4-6-15(2)7-5-10)8-11-9-12-13-14-16(9)3/h4-8H2,1-3H3,(H,11,12,14). The average molecular weight is 224 g/mol. The number of nitrogens with zero attached hydrogens (tertiary/aromatic N) is 5. The minimum atomic E-state index is 0.360. The third-order valence-corrected chi connectivity index (χ3v) is 3.49. The van der Waals surface area contributed by atoms with Gasteiger partial charge in [0.15, 0.2) is 0 Å². The van der Waals surface area contributed by atoms with Gasteiger partial charge in [0, 0.05) is 13.6 Å². The van der Waals surface area contributed by atoms with Gasteiger partial charge in [-0.25, -0.2) is 4.68 Å². The molecule has 1 aromatic rings. The van der Waals surface area contributed by atoms with Crippen LogP contribution in [0.5, 0.6) is 0 Å². The van der Waals surface area contributed by atoms with Crippen molar-refractivity contribution in [3.8, 4) is 0 Å². The molecule has 1 fully saturated rings. The first-order valence-corrected chi connectivity index (χ1v) is 5.74. The minimum Gasteiger partial charge on any atom is -0.353 e. The molecule has 0 aromatic carbocycles. The minimum absolute atomic E-state index is 0.360. The first kappa shape index (κ1) is 11.3. The van der Waals surface area contributed by atoms with Crippen LogP contribution in [0.4, 0.5) is 5.95 Å². The first-order valence-electron chi connectivity index (χ1n) is 5.74. The largest absolute Gasteiger partial charge is 0.353 e. The van der Waals surface area contributed by atoms with E-state index in [1.54, 1.807) is 4.68 Å². The number of piperidine rings is 1. The van der Waals surface area contributed by atoms with Crippen molar-refractivity contribution in [1.29, 1.82) is 0 Å². The molecule has 16 heavy (non-hydrogen) atoms. The van der Waals surface area contributed by atoms with Crippen LogP contribution in [0.15, 0.2) is 0 Å². The summed E-state index contributed by atoms with van der Waals surface area (Å²) >= 11 is 0. The number of tetrazole rings is 1. The van der Waals surface area contributed by atoms with E-state index < -0.39 is 0 Å². The number of anilines is 1. The highest BCUT2D eigenvalue weighted by Gasteiger charge is 2.28. The third kappa shape index (κ3) is 2.49. The van der Waals surface area contributed by atoms with Gasteiger partial charge in [-0.3, -0.25) is 0 Å². The van der Waals surface area contributed by atoms with Crippen molar-refractivity contribution in [3.63, 3.8) is 0 Å². The highest BCUT2D eigenvalue weighted by atomic mass is 15.6. The summed E-state index contributed by atoms with van der Waals surface area (Å²) < 4.78 is 1.66. The zero-order valence-electron chi connectivity index (χ0n) is 10.3.